The molecule has 1 amide bonds. The fourth-order valence-electron chi connectivity index (χ4n) is 6.33. The van der Waals surface area contributed by atoms with Gasteiger partial charge in [0.25, 0.3) is 0 Å². The van der Waals surface area contributed by atoms with Crippen molar-refractivity contribution in [1.82, 2.24) is 14.8 Å². The number of hydrogen-bond acceptors (Lipinski definition) is 5. The zero-order valence-electron chi connectivity index (χ0n) is 25.0. The van der Waals surface area contributed by atoms with Gasteiger partial charge < -0.3 is 14.7 Å². The molecule has 2 aromatic rings. The van der Waals surface area contributed by atoms with Gasteiger partial charge in [-0.25, -0.2) is 9.67 Å². The average molecular weight is 559 g/mol. The summed E-state index contributed by atoms with van der Waals surface area (Å²) in [4.78, 5) is 20.6. The zero-order valence-corrected chi connectivity index (χ0v) is 25.0. The molecule has 3 aliphatic carbocycles. The van der Waals surface area contributed by atoms with Crippen LogP contribution in [0.1, 0.15) is 89.8 Å². The highest BCUT2D eigenvalue weighted by atomic mass is 16.5. The lowest BCUT2D eigenvalue weighted by Gasteiger charge is -2.36. The largest absolute Gasteiger partial charge is 0.497 e. The summed E-state index contributed by atoms with van der Waals surface area (Å²) in [5.41, 5.74) is 4.15. The van der Waals surface area contributed by atoms with Crippen molar-refractivity contribution in [2.24, 2.45) is 17.8 Å². The minimum absolute atomic E-state index is 0.0405. The first-order valence-electron chi connectivity index (χ1n) is 15.4. The summed E-state index contributed by atoms with van der Waals surface area (Å²) < 4.78 is 7.31. The van der Waals surface area contributed by atoms with Crippen molar-refractivity contribution < 1.29 is 14.6 Å². The molecule has 5 rings (SSSR count). The van der Waals surface area contributed by atoms with Gasteiger partial charge in [-0.2, -0.15) is 5.10 Å². The third-order valence-corrected chi connectivity index (χ3v) is 9.14. The highest BCUT2D eigenvalue weighted by Gasteiger charge is 2.33. The third kappa shape index (κ3) is 7.37. The minimum atomic E-state index is -0.280. The monoisotopic (exact) mass is 558 g/mol. The number of methoxy groups -OCH3 is 1. The van der Waals surface area contributed by atoms with E-state index < -0.39 is 0 Å². The lowest BCUT2D eigenvalue weighted by molar-refractivity contribution is -0.124. The number of rotatable bonds is 10. The molecule has 1 heterocycles. The maximum atomic E-state index is 14.0. The van der Waals surface area contributed by atoms with Gasteiger partial charge in [-0.3, -0.25) is 4.79 Å². The molecule has 3 saturated carbocycles. The first-order valence-corrected chi connectivity index (χ1v) is 15.4. The summed E-state index contributed by atoms with van der Waals surface area (Å²) in [6, 6.07) is 8.17. The number of hydrogen-bond donors (Lipinski definition) is 1. The Labute approximate surface area is 245 Å². The molecule has 7 nitrogen and oxygen atoms in total. The Morgan fingerprint density at radius 1 is 1.05 bits per heavy atom. The molecule has 0 spiro atoms. The van der Waals surface area contributed by atoms with E-state index >= 15 is 0 Å². The Morgan fingerprint density at radius 2 is 1.76 bits per heavy atom. The number of allylic oxidation sites excluding steroid dienone is 4. The molecule has 3 fully saturated rings. The van der Waals surface area contributed by atoms with Gasteiger partial charge in [0.05, 0.1) is 18.9 Å². The van der Waals surface area contributed by atoms with E-state index in [1.54, 1.807) is 13.4 Å². The van der Waals surface area contributed by atoms with Gasteiger partial charge in [0.15, 0.2) is 5.82 Å². The predicted octanol–water partition coefficient (Wildman–Crippen LogP) is 6.89. The molecule has 41 heavy (non-hydrogen) atoms. The second kappa shape index (κ2) is 13.2. The maximum Gasteiger partial charge on any atom is 0.230 e. The molecule has 7 heteroatoms. The number of aromatic nitrogens is 3. The molecular formula is C34H46N4O3. The molecule has 0 unspecified atom stereocenters. The van der Waals surface area contributed by atoms with E-state index in [0.717, 1.165) is 85.5 Å². The molecule has 0 bridgehead atoms. The van der Waals surface area contributed by atoms with Crippen molar-refractivity contribution in [1.29, 1.82) is 0 Å². The molecule has 1 aromatic heterocycles. The summed E-state index contributed by atoms with van der Waals surface area (Å²) in [6.07, 6.45) is 15.2. The predicted molar refractivity (Wildman–Crippen MR) is 163 cm³/mol. The van der Waals surface area contributed by atoms with Crippen LogP contribution in [0.5, 0.6) is 0 Å². The Kier molecular flexibility index (Phi) is 9.43. The topological polar surface area (TPSA) is 80.5 Å². The van der Waals surface area contributed by atoms with Crippen LogP contribution in [-0.2, 0) is 9.53 Å². The van der Waals surface area contributed by atoms with E-state index in [1.165, 1.54) is 0 Å². The van der Waals surface area contributed by atoms with E-state index in [0.29, 0.717) is 37.1 Å². The van der Waals surface area contributed by atoms with Crippen molar-refractivity contribution in [3.63, 3.8) is 0 Å². The molecule has 220 valence electrons. The van der Waals surface area contributed by atoms with Crippen LogP contribution in [0.15, 0.2) is 66.2 Å². The first kappa shape index (κ1) is 29.3. The van der Waals surface area contributed by atoms with Crippen LogP contribution in [0.4, 0.5) is 5.69 Å². The fourth-order valence-corrected chi connectivity index (χ4v) is 6.33. The van der Waals surface area contributed by atoms with E-state index in [2.05, 4.69) is 23.7 Å². The van der Waals surface area contributed by atoms with Crippen molar-refractivity contribution in [3.05, 3.63) is 72.1 Å². The van der Waals surface area contributed by atoms with Gasteiger partial charge in [0, 0.05) is 24.1 Å². The quantitative estimate of drug-likeness (QED) is 0.254. The second-order valence-electron chi connectivity index (χ2n) is 12.5. The summed E-state index contributed by atoms with van der Waals surface area (Å²) >= 11 is 0. The molecule has 0 saturated heterocycles. The Hall–Kier alpha value is -3.19. The van der Waals surface area contributed by atoms with Gasteiger partial charge in [0.2, 0.25) is 5.91 Å². The number of amides is 1. The SMILES string of the molecule is C=C(/C=C\C(OC)=C(C)C)[C@H]1CC[C@H](CN(c2cccc(-n3cnc(C4CC4)n3)c2)C(=O)[C@H]2CC[C@H](O)CC2)CC1. The number of carbonyl (C=O) groups excluding carboxylic acids is 1. The van der Waals surface area contributed by atoms with E-state index in [4.69, 9.17) is 9.84 Å². The first-order chi connectivity index (χ1) is 19.8. The second-order valence-corrected chi connectivity index (χ2v) is 12.5. The fraction of sp³-hybridized carbons (Fsp3) is 0.559. The van der Waals surface area contributed by atoms with E-state index in [9.17, 15) is 9.90 Å². The van der Waals surface area contributed by atoms with Gasteiger partial charge in [-0.05, 0) is 120 Å². The number of aliphatic hydroxyl groups excluding tert-OH is 1. The Bertz CT molecular complexity index is 1270. The van der Waals surface area contributed by atoms with Gasteiger partial charge in [-0.15, -0.1) is 0 Å². The molecule has 0 atom stereocenters. The van der Waals surface area contributed by atoms with Crippen LogP contribution < -0.4 is 4.90 Å². The number of carbonyl (C=O) groups is 1. The minimum Gasteiger partial charge on any atom is -0.497 e. The molecule has 0 radical (unpaired) electrons. The summed E-state index contributed by atoms with van der Waals surface area (Å²) in [5.74, 6) is 3.34. The molecule has 1 aromatic carbocycles. The highest BCUT2D eigenvalue weighted by Crippen LogP contribution is 2.38. The standard InChI is InChI=1S/C34H46N4O3/c1-23(2)32(41-4)19-8-24(3)26-11-9-25(10-12-26)21-37(34(40)28-15-17-31(39)18-16-28)29-6-5-7-30(20-29)38-22-35-33(36-38)27-13-14-27/h5-8,19-20,22,25-28,31,39H,3,9-18,21H2,1-2,4H3/b19-8-/t25-,26-,28-,31-. The summed E-state index contributed by atoms with van der Waals surface area (Å²) in [7, 11) is 1.70. The van der Waals surface area contributed by atoms with Gasteiger partial charge in [-0.1, -0.05) is 24.3 Å². The van der Waals surface area contributed by atoms with Crippen molar-refractivity contribution in [3.8, 4) is 5.69 Å². The smallest absolute Gasteiger partial charge is 0.230 e. The van der Waals surface area contributed by atoms with Gasteiger partial charge >= 0.3 is 0 Å². The summed E-state index contributed by atoms with van der Waals surface area (Å²) in [5, 5.41) is 14.8. The van der Waals surface area contributed by atoms with Crippen molar-refractivity contribution >= 4 is 11.6 Å². The van der Waals surface area contributed by atoms with E-state index in [-0.39, 0.29) is 17.9 Å². The number of benzene rings is 1. The maximum absolute atomic E-state index is 14.0. The molecule has 3 aliphatic rings. The molecular weight excluding hydrogens is 512 g/mol. The van der Waals surface area contributed by atoms with Crippen molar-refractivity contribution in [2.45, 2.75) is 90.1 Å². The van der Waals surface area contributed by atoms with Gasteiger partial charge in [0.1, 0.15) is 12.1 Å². The summed E-state index contributed by atoms with van der Waals surface area (Å²) in [6.45, 7) is 9.18. The average Bonchev–Trinajstić information content (AvgIpc) is 3.72. The number of anilines is 1. The zero-order chi connectivity index (χ0) is 28.9. The molecule has 1 N–H and O–H groups in total. The van der Waals surface area contributed by atoms with E-state index in [1.807, 2.05) is 47.7 Å². The lowest BCUT2D eigenvalue weighted by Crippen LogP contribution is -2.42. The van der Waals surface area contributed by atoms with Crippen LogP contribution in [0.25, 0.3) is 5.69 Å². The highest BCUT2D eigenvalue weighted by molar-refractivity contribution is 5.95. The lowest BCUT2D eigenvalue weighted by atomic mass is 9.78. The number of ether oxygens (including phenoxy) is 1. The van der Waals surface area contributed by atoms with Crippen LogP contribution in [0, 0.1) is 17.8 Å². The van der Waals surface area contributed by atoms with Crippen LogP contribution in [0.3, 0.4) is 0 Å². The van der Waals surface area contributed by atoms with Crippen LogP contribution in [-0.4, -0.2) is 45.5 Å². The van der Waals surface area contributed by atoms with Crippen LogP contribution >= 0.6 is 0 Å². The molecule has 0 aliphatic heterocycles. The third-order valence-electron chi connectivity index (χ3n) is 9.14. The number of nitrogens with zero attached hydrogens (tertiary/aromatic N) is 4. The Balaban J connectivity index is 1.29. The van der Waals surface area contributed by atoms with Crippen LogP contribution in [0.2, 0.25) is 0 Å². The number of aliphatic hydroxyl groups is 1. The Morgan fingerprint density at radius 3 is 2.41 bits per heavy atom. The van der Waals surface area contributed by atoms with Crippen molar-refractivity contribution in [2.75, 3.05) is 18.6 Å². The normalized spacial score (nSPS) is 24.7.